The van der Waals surface area contributed by atoms with Gasteiger partial charge in [-0.25, -0.2) is 0 Å². The topological polar surface area (TPSA) is 66.0 Å². The van der Waals surface area contributed by atoms with Crippen molar-refractivity contribution in [2.24, 2.45) is 0 Å². The van der Waals surface area contributed by atoms with Gasteiger partial charge in [0.15, 0.2) is 0 Å². The number of nitrogens with one attached hydrogen (secondary N) is 1. The Labute approximate surface area is 85.5 Å². The molecular formula is C9H7ClN2O2. The van der Waals surface area contributed by atoms with Gasteiger partial charge in [0.05, 0.1) is 17.9 Å². The van der Waals surface area contributed by atoms with E-state index < -0.39 is 5.54 Å². The van der Waals surface area contributed by atoms with Crippen LogP contribution in [0.1, 0.15) is 23.2 Å². The zero-order chi connectivity index (χ0) is 10.2. The summed E-state index contributed by atoms with van der Waals surface area (Å²) in [6.45, 7) is 0. The Balaban J connectivity index is 2.11. The van der Waals surface area contributed by atoms with E-state index in [-0.39, 0.29) is 16.7 Å². The monoisotopic (exact) mass is 210 g/mol. The number of rotatable bonds is 2. The summed E-state index contributed by atoms with van der Waals surface area (Å²) in [4.78, 5) is 11.5. The van der Waals surface area contributed by atoms with Gasteiger partial charge in [-0.1, -0.05) is 0 Å². The molecule has 0 unspecified atom stereocenters. The summed E-state index contributed by atoms with van der Waals surface area (Å²) in [5.74, 6) is -0.359. The Bertz CT molecular complexity index is 415. The van der Waals surface area contributed by atoms with Crippen LogP contribution in [0.5, 0.6) is 0 Å². The third-order valence-corrected chi connectivity index (χ3v) is 2.47. The molecule has 1 N–H and O–H groups in total. The van der Waals surface area contributed by atoms with Crippen molar-refractivity contribution in [2.45, 2.75) is 18.4 Å². The second-order valence-corrected chi connectivity index (χ2v) is 3.60. The molecular weight excluding hydrogens is 204 g/mol. The largest absolute Gasteiger partial charge is 0.452 e. The molecule has 1 aliphatic carbocycles. The van der Waals surface area contributed by atoms with E-state index in [2.05, 4.69) is 11.4 Å². The molecule has 1 heterocycles. The van der Waals surface area contributed by atoms with Crippen LogP contribution in [0.2, 0.25) is 5.22 Å². The van der Waals surface area contributed by atoms with Crippen LogP contribution in [0.15, 0.2) is 16.7 Å². The van der Waals surface area contributed by atoms with Crippen LogP contribution in [0.25, 0.3) is 0 Å². The molecule has 72 valence electrons. The number of hydrogen-bond acceptors (Lipinski definition) is 3. The molecule has 0 bridgehead atoms. The highest BCUT2D eigenvalue weighted by molar-refractivity contribution is 6.32. The second-order valence-electron chi connectivity index (χ2n) is 3.26. The molecule has 1 aromatic rings. The van der Waals surface area contributed by atoms with Crippen LogP contribution in [0, 0.1) is 11.3 Å². The lowest BCUT2D eigenvalue weighted by Gasteiger charge is -2.07. The molecule has 1 aromatic heterocycles. The first kappa shape index (κ1) is 9.10. The maximum absolute atomic E-state index is 11.5. The summed E-state index contributed by atoms with van der Waals surface area (Å²) in [5, 5.41) is 11.4. The van der Waals surface area contributed by atoms with Crippen LogP contribution < -0.4 is 5.32 Å². The van der Waals surface area contributed by atoms with Crippen LogP contribution in [-0.4, -0.2) is 11.4 Å². The molecule has 2 rings (SSSR count). The molecule has 0 radical (unpaired) electrons. The molecule has 0 saturated heterocycles. The van der Waals surface area contributed by atoms with Gasteiger partial charge in [-0.05, 0) is 30.5 Å². The maximum atomic E-state index is 11.5. The SMILES string of the molecule is N#CC1(NC(=O)c2ccoc2Cl)CC1. The molecule has 4 nitrogen and oxygen atoms in total. The lowest BCUT2D eigenvalue weighted by molar-refractivity contribution is 0.0941. The number of carbonyl (C=O) groups is 1. The predicted octanol–water partition coefficient (Wildman–Crippen LogP) is 1.72. The molecule has 1 aliphatic rings. The number of nitriles is 1. The summed E-state index contributed by atoms with van der Waals surface area (Å²) in [7, 11) is 0. The third-order valence-electron chi connectivity index (χ3n) is 2.18. The van der Waals surface area contributed by atoms with Crippen LogP contribution in [-0.2, 0) is 0 Å². The van der Waals surface area contributed by atoms with Crippen molar-refractivity contribution in [3.8, 4) is 6.07 Å². The summed E-state index contributed by atoms with van der Waals surface area (Å²) in [6, 6.07) is 3.54. The molecule has 14 heavy (non-hydrogen) atoms. The van der Waals surface area contributed by atoms with Gasteiger partial charge >= 0.3 is 0 Å². The minimum absolute atomic E-state index is 0.0521. The molecule has 1 saturated carbocycles. The van der Waals surface area contributed by atoms with E-state index >= 15 is 0 Å². The van der Waals surface area contributed by atoms with E-state index in [1.54, 1.807) is 0 Å². The fourth-order valence-corrected chi connectivity index (χ4v) is 1.33. The highest BCUT2D eigenvalue weighted by atomic mass is 35.5. The van der Waals surface area contributed by atoms with Crippen molar-refractivity contribution < 1.29 is 9.21 Å². The van der Waals surface area contributed by atoms with Gasteiger partial charge in [-0.3, -0.25) is 4.79 Å². The van der Waals surface area contributed by atoms with Crippen molar-refractivity contribution >= 4 is 17.5 Å². The minimum atomic E-state index is -0.669. The fraction of sp³-hybridized carbons (Fsp3) is 0.333. The lowest BCUT2D eigenvalue weighted by atomic mass is 10.2. The number of amides is 1. The van der Waals surface area contributed by atoms with Gasteiger partial charge in [0.25, 0.3) is 5.91 Å². The molecule has 0 aliphatic heterocycles. The molecule has 0 atom stereocenters. The van der Waals surface area contributed by atoms with Gasteiger partial charge in [0, 0.05) is 0 Å². The van der Waals surface area contributed by atoms with Crippen molar-refractivity contribution in [2.75, 3.05) is 0 Å². The third kappa shape index (κ3) is 1.47. The molecule has 1 amide bonds. The smallest absolute Gasteiger partial charge is 0.257 e. The molecule has 0 spiro atoms. The van der Waals surface area contributed by atoms with E-state index in [9.17, 15) is 4.79 Å². The number of furan rings is 1. The number of halogens is 1. The highest BCUT2D eigenvalue weighted by Crippen LogP contribution is 2.34. The average molecular weight is 211 g/mol. The normalized spacial score (nSPS) is 17.1. The number of nitrogens with zero attached hydrogens (tertiary/aromatic N) is 1. The highest BCUT2D eigenvalue weighted by Gasteiger charge is 2.45. The van der Waals surface area contributed by atoms with E-state index in [4.69, 9.17) is 21.3 Å². The Morgan fingerprint density at radius 1 is 1.71 bits per heavy atom. The fourth-order valence-electron chi connectivity index (χ4n) is 1.13. The quantitative estimate of drug-likeness (QED) is 0.808. The van der Waals surface area contributed by atoms with E-state index in [1.165, 1.54) is 12.3 Å². The zero-order valence-electron chi connectivity index (χ0n) is 7.21. The number of carbonyl (C=O) groups excluding carboxylic acids is 1. The van der Waals surface area contributed by atoms with E-state index in [1.807, 2.05) is 0 Å². The first-order chi connectivity index (χ1) is 6.67. The summed E-state index contributed by atoms with van der Waals surface area (Å²) in [5.41, 5.74) is -0.397. The van der Waals surface area contributed by atoms with E-state index in [0.29, 0.717) is 12.8 Å². The van der Waals surface area contributed by atoms with Crippen LogP contribution in [0.3, 0.4) is 0 Å². The standard InChI is InChI=1S/C9H7ClN2O2/c10-7-6(1-4-14-7)8(13)12-9(5-11)2-3-9/h1,4H,2-3H2,(H,12,13). The molecule has 1 fully saturated rings. The second kappa shape index (κ2) is 3.03. The lowest BCUT2D eigenvalue weighted by Crippen LogP contribution is -2.35. The number of hydrogen-bond donors (Lipinski definition) is 1. The average Bonchev–Trinajstić information content (AvgIpc) is 2.80. The molecule has 0 aromatic carbocycles. The molecule has 5 heteroatoms. The van der Waals surface area contributed by atoms with Crippen molar-refractivity contribution in [3.63, 3.8) is 0 Å². The summed E-state index contributed by atoms with van der Waals surface area (Å²) in [6.07, 6.45) is 2.73. The Morgan fingerprint density at radius 3 is 2.86 bits per heavy atom. The first-order valence-corrected chi connectivity index (χ1v) is 4.51. The minimum Gasteiger partial charge on any atom is -0.452 e. The Morgan fingerprint density at radius 2 is 2.43 bits per heavy atom. The van der Waals surface area contributed by atoms with Crippen molar-refractivity contribution in [3.05, 3.63) is 23.1 Å². The first-order valence-electron chi connectivity index (χ1n) is 4.14. The summed E-state index contributed by atoms with van der Waals surface area (Å²) >= 11 is 5.62. The Kier molecular flexibility index (Phi) is 1.97. The maximum Gasteiger partial charge on any atom is 0.257 e. The van der Waals surface area contributed by atoms with Gasteiger partial charge in [-0.15, -0.1) is 0 Å². The predicted molar refractivity (Wildman–Crippen MR) is 48.8 cm³/mol. The van der Waals surface area contributed by atoms with Gasteiger partial charge in [0.2, 0.25) is 5.22 Å². The zero-order valence-corrected chi connectivity index (χ0v) is 7.97. The van der Waals surface area contributed by atoms with Crippen molar-refractivity contribution in [1.29, 1.82) is 5.26 Å². The van der Waals surface area contributed by atoms with Crippen molar-refractivity contribution in [1.82, 2.24) is 5.32 Å². The van der Waals surface area contributed by atoms with Gasteiger partial charge in [0.1, 0.15) is 5.54 Å². The van der Waals surface area contributed by atoms with Gasteiger partial charge < -0.3 is 9.73 Å². The van der Waals surface area contributed by atoms with Crippen LogP contribution in [0.4, 0.5) is 0 Å². The van der Waals surface area contributed by atoms with Gasteiger partial charge in [-0.2, -0.15) is 5.26 Å². The summed E-state index contributed by atoms with van der Waals surface area (Å²) < 4.78 is 4.78. The van der Waals surface area contributed by atoms with Crippen LogP contribution >= 0.6 is 11.6 Å². The van der Waals surface area contributed by atoms with E-state index in [0.717, 1.165) is 0 Å². The Hall–Kier alpha value is -1.47.